The molecule has 1 saturated heterocycles. The first kappa shape index (κ1) is 13.8. The molecule has 1 aliphatic heterocycles. The van der Waals surface area contributed by atoms with Gasteiger partial charge in [0.2, 0.25) is 11.8 Å². The van der Waals surface area contributed by atoms with Gasteiger partial charge in [-0.1, -0.05) is 24.0 Å². The van der Waals surface area contributed by atoms with Crippen molar-refractivity contribution in [2.75, 3.05) is 6.54 Å². The summed E-state index contributed by atoms with van der Waals surface area (Å²) in [7, 11) is 0. The molecule has 4 heteroatoms. The first-order valence-electron chi connectivity index (χ1n) is 7.32. The van der Waals surface area contributed by atoms with Gasteiger partial charge in [0, 0.05) is 17.4 Å². The molecule has 1 saturated carbocycles. The Morgan fingerprint density at radius 2 is 1.90 bits per heavy atom. The highest BCUT2D eigenvalue weighted by Crippen LogP contribution is 2.38. The summed E-state index contributed by atoms with van der Waals surface area (Å²) in [4.78, 5) is 26.1. The largest absolute Gasteiger partial charge is 0.320 e. The van der Waals surface area contributed by atoms with Crippen molar-refractivity contribution >= 4 is 11.8 Å². The standard InChI is InChI=1S/C17H18N2O2/c18-8-2-5-12-3-1-4-13(9-12)11-19-16(20)14-6-7-15(10-14)17(19)21/h1,3-4,9,14-15H,6-8,10-11,18H2. The zero-order valence-corrected chi connectivity index (χ0v) is 11.8. The number of benzene rings is 1. The van der Waals surface area contributed by atoms with Crippen LogP contribution in [0.1, 0.15) is 30.4 Å². The molecule has 108 valence electrons. The van der Waals surface area contributed by atoms with Crippen LogP contribution in [0.3, 0.4) is 0 Å². The third-order valence-electron chi connectivity index (χ3n) is 4.27. The highest BCUT2D eigenvalue weighted by molar-refractivity contribution is 6.00. The van der Waals surface area contributed by atoms with E-state index in [0.717, 1.165) is 30.4 Å². The molecule has 21 heavy (non-hydrogen) atoms. The number of fused-ring (bicyclic) bond motifs is 2. The van der Waals surface area contributed by atoms with Gasteiger partial charge >= 0.3 is 0 Å². The second kappa shape index (κ2) is 5.71. The number of imide groups is 1. The third kappa shape index (κ3) is 2.70. The number of likely N-dealkylation sites (tertiary alicyclic amines) is 1. The highest BCUT2D eigenvalue weighted by Gasteiger charge is 2.44. The minimum absolute atomic E-state index is 0.00723. The predicted molar refractivity (Wildman–Crippen MR) is 78.8 cm³/mol. The van der Waals surface area contributed by atoms with E-state index in [1.165, 1.54) is 4.90 Å². The molecular weight excluding hydrogens is 264 g/mol. The van der Waals surface area contributed by atoms with Gasteiger partial charge in [0.05, 0.1) is 13.1 Å². The summed E-state index contributed by atoms with van der Waals surface area (Å²) in [6.45, 7) is 0.666. The number of rotatable bonds is 2. The van der Waals surface area contributed by atoms with Crippen molar-refractivity contribution in [3.63, 3.8) is 0 Å². The molecule has 0 radical (unpaired) electrons. The number of hydrogen-bond donors (Lipinski definition) is 1. The Morgan fingerprint density at radius 1 is 1.19 bits per heavy atom. The van der Waals surface area contributed by atoms with E-state index in [1.54, 1.807) is 0 Å². The van der Waals surface area contributed by atoms with Crippen molar-refractivity contribution in [3.05, 3.63) is 35.4 Å². The van der Waals surface area contributed by atoms with Crippen LogP contribution in [0.2, 0.25) is 0 Å². The van der Waals surface area contributed by atoms with Crippen molar-refractivity contribution in [3.8, 4) is 11.8 Å². The lowest BCUT2D eigenvalue weighted by molar-refractivity contribution is -0.153. The second-order valence-corrected chi connectivity index (χ2v) is 5.68. The molecule has 1 aliphatic carbocycles. The molecule has 2 aliphatic rings. The van der Waals surface area contributed by atoms with Crippen molar-refractivity contribution in [1.29, 1.82) is 0 Å². The van der Waals surface area contributed by atoms with Crippen molar-refractivity contribution in [1.82, 2.24) is 4.90 Å². The molecule has 4 nitrogen and oxygen atoms in total. The normalized spacial score (nSPS) is 24.0. The average Bonchev–Trinajstić information content (AvgIpc) is 2.95. The van der Waals surface area contributed by atoms with Crippen LogP contribution in [0.5, 0.6) is 0 Å². The Hall–Kier alpha value is -2.12. The van der Waals surface area contributed by atoms with E-state index in [0.29, 0.717) is 13.1 Å². The van der Waals surface area contributed by atoms with Gasteiger partial charge in [-0.3, -0.25) is 14.5 Å². The fourth-order valence-electron chi connectivity index (χ4n) is 3.22. The topological polar surface area (TPSA) is 63.4 Å². The maximum Gasteiger partial charge on any atom is 0.232 e. The van der Waals surface area contributed by atoms with Gasteiger partial charge in [0.1, 0.15) is 0 Å². The molecule has 1 aromatic rings. The maximum absolute atomic E-state index is 12.3. The number of carbonyl (C=O) groups is 2. The number of carbonyl (C=O) groups excluding carboxylic acids is 2. The van der Waals surface area contributed by atoms with Crippen LogP contribution in [-0.2, 0) is 16.1 Å². The van der Waals surface area contributed by atoms with Crippen LogP contribution in [-0.4, -0.2) is 23.3 Å². The summed E-state index contributed by atoms with van der Waals surface area (Å²) in [5, 5.41) is 0. The Labute approximate surface area is 124 Å². The fourth-order valence-corrected chi connectivity index (χ4v) is 3.22. The molecule has 2 N–H and O–H groups in total. The van der Waals surface area contributed by atoms with E-state index < -0.39 is 0 Å². The summed E-state index contributed by atoms with van der Waals surface area (Å²) in [5.74, 6) is 5.86. The van der Waals surface area contributed by atoms with Gasteiger partial charge in [-0.2, -0.15) is 0 Å². The van der Waals surface area contributed by atoms with Crippen LogP contribution < -0.4 is 5.73 Å². The van der Waals surface area contributed by atoms with Crippen molar-refractivity contribution < 1.29 is 9.59 Å². The first-order valence-corrected chi connectivity index (χ1v) is 7.32. The lowest BCUT2D eigenvalue weighted by Gasteiger charge is -2.29. The van der Waals surface area contributed by atoms with E-state index in [2.05, 4.69) is 11.8 Å². The van der Waals surface area contributed by atoms with Gasteiger partial charge in [-0.25, -0.2) is 0 Å². The molecule has 2 fully saturated rings. The van der Waals surface area contributed by atoms with Crippen LogP contribution in [0.15, 0.2) is 24.3 Å². The number of hydrogen-bond acceptors (Lipinski definition) is 3. The molecular formula is C17H18N2O2. The lowest BCUT2D eigenvalue weighted by atomic mass is 9.96. The van der Waals surface area contributed by atoms with Crippen LogP contribution >= 0.6 is 0 Å². The van der Waals surface area contributed by atoms with E-state index in [4.69, 9.17) is 5.73 Å². The first-order chi connectivity index (χ1) is 10.2. The Balaban J connectivity index is 1.80. The predicted octanol–water partition coefficient (Wildman–Crippen LogP) is 1.28. The Bertz CT molecular complexity index is 620. The third-order valence-corrected chi connectivity index (χ3v) is 4.27. The Morgan fingerprint density at radius 3 is 2.57 bits per heavy atom. The number of amides is 2. The van der Waals surface area contributed by atoms with Gasteiger partial charge in [0.25, 0.3) is 0 Å². The molecule has 1 heterocycles. The van der Waals surface area contributed by atoms with Gasteiger partial charge in [-0.15, -0.1) is 0 Å². The van der Waals surface area contributed by atoms with Crippen molar-refractivity contribution in [2.45, 2.75) is 25.8 Å². The van der Waals surface area contributed by atoms with E-state index >= 15 is 0 Å². The quantitative estimate of drug-likeness (QED) is 0.656. The monoisotopic (exact) mass is 282 g/mol. The molecule has 2 bridgehead atoms. The molecule has 2 unspecified atom stereocenters. The fraction of sp³-hybridized carbons (Fsp3) is 0.412. The molecule has 1 aromatic carbocycles. The van der Waals surface area contributed by atoms with Gasteiger partial charge in [0.15, 0.2) is 0 Å². The molecule has 2 atom stereocenters. The number of nitrogens with zero attached hydrogens (tertiary/aromatic N) is 1. The number of piperidine rings is 1. The average molecular weight is 282 g/mol. The molecule has 0 aromatic heterocycles. The highest BCUT2D eigenvalue weighted by atomic mass is 16.2. The summed E-state index contributed by atoms with van der Waals surface area (Å²) in [6.07, 6.45) is 2.46. The SMILES string of the molecule is NCC#Cc1cccc(CN2C(=O)C3CCC(C3)C2=O)c1. The smallest absolute Gasteiger partial charge is 0.232 e. The molecule has 0 spiro atoms. The summed E-state index contributed by atoms with van der Waals surface area (Å²) in [5.41, 5.74) is 7.16. The van der Waals surface area contributed by atoms with Gasteiger partial charge in [-0.05, 0) is 37.0 Å². The Kier molecular flexibility index (Phi) is 3.76. The maximum atomic E-state index is 12.3. The van der Waals surface area contributed by atoms with Gasteiger partial charge < -0.3 is 5.73 Å². The van der Waals surface area contributed by atoms with E-state index in [1.807, 2.05) is 24.3 Å². The minimum atomic E-state index is -0.00723. The zero-order chi connectivity index (χ0) is 14.8. The summed E-state index contributed by atoms with van der Waals surface area (Å²) >= 11 is 0. The van der Waals surface area contributed by atoms with E-state index in [9.17, 15) is 9.59 Å². The van der Waals surface area contributed by atoms with Crippen LogP contribution in [0.4, 0.5) is 0 Å². The summed E-state index contributed by atoms with van der Waals surface area (Å²) in [6, 6.07) is 7.63. The lowest BCUT2D eigenvalue weighted by Crippen LogP contribution is -2.45. The van der Waals surface area contributed by atoms with E-state index in [-0.39, 0.29) is 23.7 Å². The minimum Gasteiger partial charge on any atom is -0.320 e. The summed E-state index contributed by atoms with van der Waals surface area (Å²) < 4.78 is 0. The number of nitrogens with two attached hydrogens (primary N) is 1. The molecule has 3 rings (SSSR count). The second-order valence-electron chi connectivity index (χ2n) is 5.68. The van der Waals surface area contributed by atoms with Crippen LogP contribution in [0, 0.1) is 23.7 Å². The van der Waals surface area contributed by atoms with Crippen LogP contribution in [0.25, 0.3) is 0 Å². The zero-order valence-electron chi connectivity index (χ0n) is 11.8. The van der Waals surface area contributed by atoms with Crippen molar-refractivity contribution in [2.24, 2.45) is 17.6 Å². The molecule has 2 amide bonds.